The van der Waals surface area contributed by atoms with Gasteiger partial charge in [0.15, 0.2) is 0 Å². The van der Waals surface area contributed by atoms with Gasteiger partial charge in [0, 0.05) is 25.9 Å². The molecule has 1 heterocycles. The van der Waals surface area contributed by atoms with Gasteiger partial charge in [-0.2, -0.15) is 5.26 Å². The Morgan fingerprint density at radius 3 is 2.52 bits per heavy atom. The van der Waals surface area contributed by atoms with Gasteiger partial charge in [-0.3, -0.25) is 4.79 Å². The first-order valence-corrected chi connectivity index (χ1v) is 8.55. The molecule has 2 N–H and O–H groups in total. The number of nitrogens with zero attached hydrogens (tertiary/aromatic N) is 2. The van der Waals surface area contributed by atoms with Crippen molar-refractivity contribution in [2.75, 3.05) is 26.3 Å². The Bertz CT molecular complexity index is 540. The van der Waals surface area contributed by atoms with Gasteiger partial charge in [-0.1, -0.05) is 13.3 Å². The monoisotopic (exact) mass is 358 g/mol. The van der Waals surface area contributed by atoms with Crippen molar-refractivity contribution in [3.8, 4) is 6.07 Å². The molecule has 2 fully saturated rings. The molecule has 1 aliphatic carbocycles. The van der Waals surface area contributed by atoms with E-state index < -0.39 is 35.9 Å². The Hall–Kier alpha value is -1.95. The summed E-state index contributed by atoms with van der Waals surface area (Å²) >= 11 is 0. The van der Waals surface area contributed by atoms with E-state index >= 15 is 0 Å². The highest BCUT2D eigenvalue weighted by Gasteiger charge is 2.47. The van der Waals surface area contributed by atoms with E-state index in [9.17, 15) is 18.4 Å². The molecule has 0 radical (unpaired) electrons. The molecule has 1 saturated carbocycles. The normalized spacial score (nSPS) is 20.3. The van der Waals surface area contributed by atoms with Crippen LogP contribution in [0.5, 0.6) is 0 Å². The van der Waals surface area contributed by atoms with Gasteiger partial charge in [-0.05, 0) is 12.8 Å². The highest BCUT2D eigenvalue weighted by Crippen LogP contribution is 2.35. The summed E-state index contributed by atoms with van der Waals surface area (Å²) in [5.41, 5.74) is -0.973. The number of hydrogen-bond donors (Lipinski definition) is 2. The highest BCUT2D eigenvalue weighted by molar-refractivity contribution is 5.88. The number of alkyl halides is 2. The largest absolute Gasteiger partial charge is 0.378 e. The lowest BCUT2D eigenvalue weighted by Gasteiger charge is -2.30. The molecule has 1 saturated heterocycles. The summed E-state index contributed by atoms with van der Waals surface area (Å²) in [5.74, 6) is -3.81. The van der Waals surface area contributed by atoms with Crippen LogP contribution in [0.4, 0.5) is 13.6 Å². The Kier molecular flexibility index (Phi) is 6.16. The smallest absolute Gasteiger partial charge is 0.318 e. The van der Waals surface area contributed by atoms with E-state index in [2.05, 4.69) is 10.6 Å². The van der Waals surface area contributed by atoms with Gasteiger partial charge in [-0.15, -0.1) is 0 Å². The van der Waals surface area contributed by atoms with Gasteiger partial charge in [0.1, 0.15) is 11.6 Å². The van der Waals surface area contributed by atoms with E-state index in [1.807, 2.05) is 6.07 Å². The maximum absolute atomic E-state index is 14.0. The van der Waals surface area contributed by atoms with Crippen LogP contribution < -0.4 is 10.6 Å². The molecule has 0 bridgehead atoms. The summed E-state index contributed by atoms with van der Waals surface area (Å²) in [5, 5.41) is 14.0. The van der Waals surface area contributed by atoms with Crippen molar-refractivity contribution >= 4 is 11.9 Å². The van der Waals surface area contributed by atoms with Gasteiger partial charge in [-0.25, -0.2) is 13.6 Å². The summed E-state index contributed by atoms with van der Waals surface area (Å²) in [7, 11) is 0. The lowest BCUT2D eigenvalue weighted by molar-refractivity contribution is -0.126. The van der Waals surface area contributed by atoms with E-state index in [1.165, 1.54) is 4.90 Å². The molecular formula is C16H24F2N4O3. The SMILES string of the molecule is CCCC(F)(F)C[C@H](NC(=O)N1CCOCC1)C(=O)NC1(C#N)CC1. The second kappa shape index (κ2) is 7.95. The number of nitrogens with one attached hydrogen (secondary N) is 2. The van der Waals surface area contributed by atoms with Crippen molar-refractivity contribution in [3.05, 3.63) is 0 Å². The fraction of sp³-hybridized carbons (Fsp3) is 0.812. The van der Waals surface area contributed by atoms with Gasteiger partial charge in [0.2, 0.25) is 5.91 Å². The topological polar surface area (TPSA) is 94.5 Å². The zero-order chi connectivity index (χ0) is 18.5. The minimum Gasteiger partial charge on any atom is -0.378 e. The summed E-state index contributed by atoms with van der Waals surface area (Å²) in [6, 6.07) is 0.0257. The van der Waals surface area contributed by atoms with E-state index in [0.717, 1.165) is 0 Å². The predicted octanol–water partition coefficient (Wildman–Crippen LogP) is 1.39. The number of amides is 3. The van der Waals surface area contributed by atoms with Crippen LogP contribution in [0.2, 0.25) is 0 Å². The molecular weight excluding hydrogens is 334 g/mol. The molecule has 0 aromatic heterocycles. The molecule has 2 rings (SSSR count). The number of carbonyl (C=O) groups excluding carboxylic acids is 2. The molecule has 7 nitrogen and oxygen atoms in total. The Morgan fingerprint density at radius 1 is 1.36 bits per heavy atom. The van der Waals surface area contributed by atoms with Gasteiger partial charge in [0.25, 0.3) is 5.92 Å². The third kappa shape index (κ3) is 5.53. The fourth-order valence-corrected chi connectivity index (χ4v) is 2.70. The van der Waals surface area contributed by atoms with Crippen LogP contribution in [0.3, 0.4) is 0 Å². The molecule has 25 heavy (non-hydrogen) atoms. The van der Waals surface area contributed by atoms with Gasteiger partial charge >= 0.3 is 6.03 Å². The lowest BCUT2D eigenvalue weighted by atomic mass is 10.0. The number of halogens is 2. The van der Waals surface area contributed by atoms with Crippen LogP contribution in [-0.4, -0.2) is 60.6 Å². The zero-order valence-corrected chi connectivity index (χ0v) is 14.3. The Morgan fingerprint density at radius 2 is 2.00 bits per heavy atom. The van der Waals surface area contributed by atoms with Crippen molar-refractivity contribution < 1.29 is 23.1 Å². The number of nitriles is 1. The molecule has 1 atom stereocenters. The second-order valence-electron chi connectivity index (χ2n) is 6.59. The van der Waals surface area contributed by atoms with Crippen molar-refractivity contribution in [2.24, 2.45) is 0 Å². The minimum atomic E-state index is -3.07. The van der Waals surface area contributed by atoms with Crippen LogP contribution in [0.1, 0.15) is 39.0 Å². The molecule has 1 aliphatic heterocycles. The molecule has 140 valence electrons. The zero-order valence-electron chi connectivity index (χ0n) is 14.3. The van der Waals surface area contributed by atoms with Crippen molar-refractivity contribution in [1.29, 1.82) is 5.26 Å². The Labute approximate surface area is 145 Å². The molecule has 3 amide bonds. The molecule has 2 aliphatic rings. The van der Waals surface area contributed by atoms with Crippen molar-refractivity contribution in [2.45, 2.75) is 56.5 Å². The van der Waals surface area contributed by atoms with Crippen LogP contribution in [0.25, 0.3) is 0 Å². The lowest BCUT2D eigenvalue weighted by Crippen LogP contribution is -2.56. The van der Waals surface area contributed by atoms with E-state index in [4.69, 9.17) is 10.00 Å². The molecule has 0 unspecified atom stereocenters. The number of morpholine rings is 1. The van der Waals surface area contributed by atoms with Crippen LogP contribution in [-0.2, 0) is 9.53 Å². The van der Waals surface area contributed by atoms with Crippen LogP contribution in [0.15, 0.2) is 0 Å². The van der Waals surface area contributed by atoms with E-state index in [-0.39, 0.29) is 12.8 Å². The average Bonchev–Trinajstić information content (AvgIpc) is 3.34. The van der Waals surface area contributed by atoms with Gasteiger partial charge in [0.05, 0.1) is 19.3 Å². The van der Waals surface area contributed by atoms with Crippen LogP contribution in [0, 0.1) is 11.3 Å². The first-order valence-electron chi connectivity index (χ1n) is 8.55. The summed E-state index contributed by atoms with van der Waals surface area (Å²) in [6.45, 7) is 3.05. The summed E-state index contributed by atoms with van der Waals surface area (Å²) < 4.78 is 33.2. The first kappa shape index (κ1) is 19.4. The van der Waals surface area contributed by atoms with E-state index in [0.29, 0.717) is 39.1 Å². The van der Waals surface area contributed by atoms with Crippen molar-refractivity contribution in [1.82, 2.24) is 15.5 Å². The molecule has 0 spiro atoms. The number of carbonyl (C=O) groups is 2. The Balaban J connectivity index is 2.03. The molecule has 9 heteroatoms. The third-order valence-corrected chi connectivity index (χ3v) is 4.36. The van der Waals surface area contributed by atoms with E-state index in [1.54, 1.807) is 6.92 Å². The average molecular weight is 358 g/mol. The van der Waals surface area contributed by atoms with Crippen LogP contribution >= 0.6 is 0 Å². The third-order valence-electron chi connectivity index (χ3n) is 4.36. The quantitative estimate of drug-likeness (QED) is 0.719. The number of hydrogen-bond acceptors (Lipinski definition) is 4. The maximum atomic E-state index is 14.0. The predicted molar refractivity (Wildman–Crippen MR) is 84.9 cm³/mol. The number of urea groups is 1. The summed E-state index contributed by atoms with van der Waals surface area (Å²) in [4.78, 5) is 26.1. The number of ether oxygens (including phenoxy) is 1. The fourth-order valence-electron chi connectivity index (χ4n) is 2.70. The molecule has 0 aromatic carbocycles. The highest BCUT2D eigenvalue weighted by atomic mass is 19.3. The van der Waals surface area contributed by atoms with Gasteiger partial charge < -0.3 is 20.3 Å². The van der Waals surface area contributed by atoms with Crippen molar-refractivity contribution in [3.63, 3.8) is 0 Å². The second-order valence-corrected chi connectivity index (χ2v) is 6.59. The molecule has 0 aromatic rings. The first-order chi connectivity index (χ1) is 11.8. The summed E-state index contributed by atoms with van der Waals surface area (Å²) in [6.07, 6.45) is 0.0915. The maximum Gasteiger partial charge on any atom is 0.318 e. The number of rotatable bonds is 7. The standard InChI is InChI=1S/C16H24F2N4O3/c1-2-3-16(17,18)10-12(13(23)21-15(11-19)4-5-15)20-14(24)22-6-8-25-9-7-22/h12H,2-10H2,1H3,(H,20,24)(H,21,23)/t12-/m0/s1. The minimum absolute atomic E-state index is 0.265.